The lowest BCUT2D eigenvalue weighted by Crippen LogP contribution is -2.25. The van der Waals surface area contributed by atoms with Crippen LogP contribution in [0.1, 0.15) is 60.8 Å². The summed E-state index contributed by atoms with van der Waals surface area (Å²) in [6, 6.07) is 0. The predicted molar refractivity (Wildman–Crippen MR) is 63.7 cm³/mol. The average molecular weight is 214 g/mol. The summed E-state index contributed by atoms with van der Waals surface area (Å²) < 4.78 is 5.31. The lowest BCUT2D eigenvalue weighted by atomic mass is 9.92. The number of carbonyl (C=O) groups is 1. The molecule has 0 bridgehead atoms. The maximum atomic E-state index is 11.6. The fraction of sp³-hybridized carbons (Fsp3) is 0.923. The number of ether oxygens (including phenoxy) is 1. The van der Waals surface area contributed by atoms with E-state index in [1.165, 1.54) is 0 Å². The molecule has 0 spiro atoms. The fourth-order valence-corrected chi connectivity index (χ4v) is 1.68. The molecule has 90 valence electrons. The highest BCUT2D eigenvalue weighted by atomic mass is 16.6. The number of carbonyl (C=O) groups excluding carboxylic acids is 1. The Kier molecular flexibility index (Phi) is 5.92. The smallest absolute Gasteiger partial charge is 0.306 e. The minimum atomic E-state index is -0.354. The molecule has 0 aromatic carbocycles. The van der Waals surface area contributed by atoms with Crippen LogP contribution in [0.2, 0.25) is 0 Å². The lowest BCUT2D eigenvalue weighted by Gasteiger charge is -2.22. The van der Waals surface area contributed by atoms with Crippen molar-refractivity contribution in [3.63, 3.8) is 0 Å². The van der Waals surface area contributed by atoms with Crippen LogP contribution in [-0.2, 0) is 9.53 Å². The maximum Gasteiger partial charge on any atom is 0.306 e. The Labute approximate surface area is 94.4 Å². The maximum absolute atomic E-state index is 11.6. The number of rotatable bonds is 5. The molecule has 15 heavy (non-hydrogen) atoms. The molecule has 2 heteroatoms. The quantitative estimate of drug-likeness (QED) is 0.651. The van der Waals surface area contributed by atoms with E-state index in [0.29, 0.717) is 18.3 Å². The third kappa shape index (κ3) is 8.46. The number of hydrogen-bond donors (Lipinski definition) is 0. The third-order valence-corrected chi connectivity index (χ3v) is 2.26. The summed E-state index contributed by atoms with van der Waals surface area (Å²) in [7, 11) is 0. The first-order valence-electron chi connectivity index (χ1n) is 5.96. The lowest BCUT2D eigenvalue weighted by molar-refractivity contribution is -0.156. The van der Waals surface area contributed by atoms with Crippen LogP contribution in [-0.4, -0.2) is 11.6 Å². The van der Waals surface area contributed by atoms with Gasteiger partial charge in [0, 0.05) is 6.42 Å². The number of hydrogen-bond acceptors (Lipinski definition) is 2. The second kappa shape index (κ2) is 6.14. The predicted octanol–water partition coefficient (Wildman–Crippen LogP) is 3.79. The zero-order valence-corrected chi connectivity index (χ0v) is 11.1. The molecule has 0 aliphatic rings. The van der Waals surface area contributed by atoms with Crippen LogP contribution in [0, 0.1) is 11.8 Å². The van der Waals surface area contributed by atoms with Gasteiger partial charge in [0.15, 0.2) is 0 Å². The first-order chi connectivity index (χ1) is 6.74. The van der Waals surface area contributed by atoms with Crippen molar-refractivity contribution in [1.82, 2.24) is 0 Å². The zero-order chi connectivity index (χ0) is 12.1. The summed E-state index contributed by atoms with van der Waals surface area (Å²) in [4.78, 5) is 11.6. The zero-order valence-electron chi connectivity index (χ0n) is 11.1. The van der Waals surface area contributed by atoms with Gasteiger partial charge in [-0.25, -0.2) is 0 Å². The highest BCUT2D eigenvalue weighted by Gasteiger charge is 2.20. The van der Waals surface area contributed by atoms with Crippen molar-refractivity contribution < 1.29 is 9.53 Å². The SMILES string of the molecule is CC[C@H](CC(=O)OC(C)(C)C)CC(C)C. The molecule has 0 heterocycles. The minimum absolute atomic E-state index is 0.0602. The summed E-state index contributed by atoms with van der Waals surface area (Å²) in [5, 5.41) is 0. The van der Waals surface area contributed by atoms with Crippen LogP contribution >= 0.6 is 0 Å². The Morgan fingerprint density at radius 1 is 1.27 bits per heavy atom. The van der Waals surface area contributed by atoms with Gasteiger partial charge in [-0.15, -0.1) is 0 Å². The molecule has 1 atom stereocenters. The molecular weight excluding hydrogens is 188 g/mol. The summed E-state index contributed by atoms with van der Waals surface area (Å²) in [6.45, 7) is 12.3. The van der Waals surface area contributed by atoms with E-state index in [0.717, 1.165) is 12.8 Å². The molecule has 0 N–H and O–H groups in total. The van der Waals surface area contributed by atoms with E-state index in [1.807, 2.05) is 20.8 Å². The van der Waals surface area contributed by atoms with Crippen LogP contribution in [0.5, 0.6) is 0 Å². The van der Waals surface area contributed by atoms with Gasteiger partial charge in [-0.1, -0.05) is 27.2 Å². The van der Waals surface area contributed by atoms with Gasteiger partial charge in [0.1, 0.15) is 5.60 Å². The normalized spacial score (nSPS) is 14.1. The Balaban J connectivity index is 4.02. The van der Waals surface area contributed by atoms with E-state index in [2.05, 4.69) is 20.8 Å². The van der Waals surface area contributed by atoms with E-state index in [-0.39, 0.29) is 11.6 Å². The Hall–Kier alpha value is -0.530. The monoisotopic (exact) mass is 214 g/mol. The van der Waals surface area contributed by atoms with Gasteiger partial charge in [-0.05, 0) is 39.0 Å². The van der Waals surface area contributed by atoms with E-state index in [1.54, 1.807) is 0 Å². The molecule has 0 saturated carbocycles. The molecule has 2 nitrogen and oxygen atoms in total. The standard InChI is InChI=1S/C13H26O2/c1-7-11(8-10(2)3)9-12(14)15-13(4,5)6/h10-11H,7-9H2,1-6H3/t11-/m0/s1. The van der Waals surface area contributed by atoms with E-state index >= 15 is 0 Å². The van der Waals surface area contributed by atoms with Gasteiger partial charge in [0.05, 0.1) is 0 Å². The first-order valence-corrected chi connectivity index (χ1v) is 5.96. The van der Waals surface area contributed by atoms with Crippen LogP contribution < -0.4 is 0 Å². The van der Waals surface area contributed by atoms with E-state index in [9.17, 15) is 4.79 Å². The van der Waals surface area contributed by atoms with Gasteiger partial charge in [0.25, 0.3) is 0 Å². The minimum Gasteiger partial charge on any atom is -0.460 e. The van der Waals surface area contributed by atoms with Crippen LogP contribution in [0.25, 0.3) is 0 Å². The second-order valence-corrected chi connectivity index (χ2v) is 5.69. The average Bonchev–Trinajstić information content (AvgIpc) is 1.98. The molecule has 0 aromatic rings. The molecule has 0 aliphatic carbocycles. The molecule has 0 saturated heterocycles. The van der Waals surface area contributed by atoms with Crippen molar-refractivity contribution in [2.24, 2.45) is 11.8 Å². The van der Waals surface area contributed by atoms with Crippen molar-refractivity contribution in [3.8, 4) is 0 Å². The van der Waals surface area contributed by atoms with Crippen LogP contribution in [0.4, 0.5) is 0 Å². The van der Waals surface area contributed by atoms with Gasteiger partial charge < -0.3 is 4.74 Å². The highest BCUT2D eigenvalue weighted by molar-refractivity contribution is 5.70. The van der Waals surface area contributed by atoms with E-state index < -0.39 is 0 Å². The third-order valence-electron chi connectivity index (χ3n) is 2.26. The molecule has 0 fully saturated rings. The molecule has 0 aliphatic heterocycles. The van der Waals surface area contributed by atoms with Crippen molar-refractivity contribution in [1.29, 1.82) is 0 Å². The number of esters is 1. The van der Waals surface area contributed by atoms with Crippen LogP contribution in [0.3, 0.4) is 0 Å². The highest BCUT2D eigenvalue weighted by Crippen LogP contribution is 2.20. The molecule has 0 unspecified atom stereocenters. The first kappa shape index (κ1) is 14.5. The molecule has 0 aromatic heterocycles. The van der Waals surface area contributed by atoms with Crippen molar-refractivity contribution in [2.75, 3.05) is 0 Å². The van der Waals surface area contributed by atoms with Crippen LogP contribution in [0.15, 0.2) is 0 Å². The molecule has 0 radical (unpaired) electrons. The van der Waals surface area contributed by atoms with Crippen molar-refractivity contribution in [3.05, 3.63) is 0 Å². The Bertz CT molecular complexity index is 189. The summed E-state index contributed by atoms with van der Waals surface area (Å²) in [5.41, 5.74) is -0.354. The Morgan fingerprint density at radius 2 is 1.80 bits per heavy atom. The van der Waals surface area contributed by atoms with Gasteiger partial charge >= 0.3 is 5.97 Å². The molecule has 0 rings (SSSR count). The molecule has 0 amide bonds. The summed E-state index contributed by atoms with van der Waals surface area (Å²) in [5.74, 6) is 1.06. The van der Waals surface area contributed by atoms with Gasteiger partial charge in [-0.2, -0.15) is 0 Å². The largest absolute Gasteiger partial charge is 0.460 e. The fourth-order valence-electron chi connectivity index (χ4n) is 1.68. The summed E-state index contributed by atoms with van der Waals surface area (Å²) in [6.07, 6.45) is 2.72. The second-order valence-electron chi connectivity index (χ2n) is 5.69. The summed E-state index contributed by atoms with van der Waals surface area (Å²) >= 11 is 0. The van der Waals surface area contributed by atoms with Gasteiger partial charge in [0.2, 0.25) is 0 Å². The molecular formula is C13H26O2. The van der Waals surface area contributed by atoms with E-state index in [4.69, 9.17) is 4.74 Å². The van der Waals surface area contributed by atoms with Crippen molar-refractivity contribution in [2.45, 2.75) is 66.4 Å². The van der Waals surface area contributed by atoms with Gasteiger partial charge in [-0.3, -0.25) is 4.79 Å². The Morgan fingerprint density at radius 3 is 2.13 bits per heavy atom. The van der Waals surface area contributed by atoms with Crippen molar-refractivity contribution >= 4 is 5.97 Å². The topological polar surface area (TPSA) is 26.3 Å².